The number of cyclic esters (lactones) is 1. The van der Waals surface area contributed by atoms with Crippen LogP contribution in [0.15, 0.2) is 48.5 Å². The molecule has 5 heteroatoms. The van der Waals surface area contributed by atoms with E-state index in [1.54, 1.807) is 43.3 Å². The molecule has 4 nitrogen and oxygen atoms in total. The zero-order chi connectivity index (χ0) is 16.4. The molecule has 0 unspecified atom stereocenters. The molecule has 0 saturated carbocycles. The Labute approximate surface area is 139 Å². The van der Waals surface area contributed by atoms with E-state index in [0.717, 1.165) is 5.56 Å². The standard InChI is InChI=1S/C18H15ClO4/c1-2-22-17(20)13-9-5-3-7-11(13)15(19)16-12-8-4-6-10-14(12)18(21)23-16/h3-10,15-16H,2H2,1H3/t15-,16-/m1/s1. The first kappa shape index (κ1) is 15.6. The Balaban J connectivity index is 1.98. The number of esters is 2. The van der Waals surface area contributed by atoms with Crippen LogP contribution >= 0.6 is 11.6 Å². The summed E-state index contributed by atoms with van der Waals surface area (Å²) in [6.45, 7) is 2.02. The van der Waals surface area contributed by atoms with Crippen LogP contribution in [0.5, 0.6) is 0 Å². The molecular weight excluding hydrogens is 316 g/mol. The molecule has 0 saturated heterocycles. The van der Waals surface area contributed by atoms with Crippen LogP contribution in [-0.4, -0.2) is 18.5 Å². The molecule has 0 aromatic heterocycles. The molecule has 0 bridgehead atoms. The highest BCUT2D eigenvalue weighted by Crippen LogP contribution is 2.44. The first-order valence-electron chi connectivity index (χ1n) is 7.33. The van der Waals surface area contributed by atoms with Gasteiger partial charge < -0.3 is 9.47 Å². The van der Waals surface area contributed by atoms with Crippen LogP contribution in [0.4, 0.5) is 0 Å². The molecule has 0 amide bonds. The Morgan fingerprint density at radius 1 is 1.22 bits per heavy atom. The third kappa shape index (κ3) is 2.82. The number of carbonyl (C=O) groups is 2. The molecule has 0 aliphatic carbocycles. The molecule has 1 aliphatic rings. The molecule has 2 aromatic carbocycles. The van der Waals surface area contributed by atoms with Gasteiger partial charge in [-0.15, -0.1) is 11.6 Å². The predicted octanol–water partition coefficient (Wildman–Crippen LogP) is 4.05. The Morgan fingerprint density at radius 2 is 1.91 bits per heavy atom. The molecule has 1 aliphatic heterocycles. The Bertz CT molecular complexity index is 756. The lowest BCUT2D eigenvalue weighted by atomic mass is 9.96. The van der Waals surface area contributed by atoms with Crippen LogP contribution < -0.4 is 0 Å². The number of halogens is 1. The Hall–Kier alpha value is -2.33. The summed E-state index contributed by atoms with van der Waals surface area (Å²) in [5, 5.41) is -0.678. The fourth-order valence-electron chi connectivity index (χ4n) is 2.69. The number of alkyl halides is 1. The highest BCUT2D eigenvalue weighted by molar-refractivity contribution is 6.22. The second-order valence-electron chi connectivity index (χ2n) is 5.12. The molecule has 0 N–H and O–H groups in total. The molecule has 3 rings (SSSR count). The lowest BCUT2D eigenvalue weighted by molar-refractivity contribution is 0.0375. The zero-order valence-corrected chi connectivity index (χ0v) is 13.2. The van der Waals surface area contributed by atoms with Crippen LogP contribution in [0.3, 0.4) is 0 Å². The average molecular weight is 331 g/mol. The first-order chi connectivity index (χ1) is 11.1. The van der Waals surface area contributed by atoms with Crippen molar-refractivity contribution in [3.63, 3.8) is 0 Å². The summed E-state index contributed by atoms with van der Waals surface area (Å²) in [5.41, 5.74) is 2.21. The van der Waals surface area contributed by atoms with Crippen LogP contribution in [-0.2, 0) is 9.47 Å². The van der Waals surface area contributed by atoms with E-state index >= 15 is 0 Å². The smallest absolute Gasteiger partial charge is 0.339 e. The summed E-state index contributed by atoms with van der Waals surface area (Å²) in [7, 11) is 0. The summed E-state index contributed by atoms with van der Waals surface area (Å²) in [5.74, 6) is -0.837. The number of ether oxygens (including phenoxy) is 2. The maximum Gasteiger partial charge on any atom is 0.339 e. The van der Waals surface area contributed by atoms with E-state index in [-0.39, 0.29) is 6.61 Å². The topological polar surface area (TPSA) is 52.6 Å². The van der Waals surface area contributed by atoms with Gasteiger partial charge in [0.25, 0.3) is 0 Å². The molecule has 0 fully saturated rings. The second kappa shape index (κ2) is 6.42. The van der Waals surface area contributed by atoms with Crippen molar-refractivity contribution in [1.82, 2.24) is 0 Å². The molecule has 2 atom stereocenters. The monoisotopic (exact) mass is 330 g/mol. The van der Waals surface area contributed by atoms with Gasteiger partial charge in [0, 0.05) is 5.56 Å². The number of fused-ring (bicyclic) bond motifs is 1. The summed E-state index contributed by atoms with van der Waals surface area (Å²) in [6, 6.07) is 14.1. The van der Waals surface area contributed by atoms with Crippen molar-refractivity contribution >= 4 is 23.5 Å². The van der Waals surface area contributed by atoms with Crippen molar-refractivity contribution in [2.75, 3.05) is 6.61 Å². The summed E-state index contributed by atoms with van der Waals surface area (Å²) in [6.07, 6.45) is -0.629. The Kier molecular flexibility index (Phi) is 4.35. The molecule has 1 heterocycles. The molecule has 2 aromatic rings. The van der Waals surface area contributed by atoms with Gasteiger partial charge in [0.1, 0.15) is 11.5 Å². The molecular formula is C18H15ClO4. The van der Waals surface area contributed by atoms with Gasteiger partial charge in [0.05, 0.1) is 17.7 Å². The van der Waals surface area contributed by atoms with Crippen molar-refractivity contribution < 1.29 is 19.1 Å². The van der Waals surface area contributed by atoms with E-state index in [2.05, 4.69) is 0 Å². The third-order valence-corrected chi connectivity index (χ3v) is 4.20. The van der Waals surface area contributed by atoms with Crippen molar-refractivity contribution in [3.05, 3.63) is 70.8 Å². The van der Waals surface area contributed by atoms with Gasteiger partial charge in [-0.3, -0.25) is 0 Å². The second-order valence-corrected chi connectivity index (χ2v) is 5.59. The van der Waals surface area contributed by atoms with Crippen molar-refractivity contribution in [2.45, 2.75) is 18.4 Å². The van der Waals surface area contributed by atoms with Crippen LogP contribution in [0.1, 0.15) is 50.2 Å². The minimum Gasteiger partial charge on any atom is -0.462 e. The largest absolute Gasteiger partial charge is 0.462 e. The summed E-state index contributed by atoms with van der Waals surface area (Å²) in [4.78, 5) is 24.1. The van der Waals surface area contributed by atoms with Crippen LogP contribution in [0.2, 0.25) is 0 Å². The van der Waals surface area contributed by atoms with Crippen molar-refractivity contribution in [3.8, 4) is 0 Å². The lowest BCUT2D eigenvalue weighted by Crippen LogP contribution is -2.13. The number of benzene rings is 2. The fraction of sp³-hybridized carbons (Fsp3) is 0.222. The van der Waals surface area contributed by atoms with Crippen LogP contribution in [0, 0.1) is 0 Å². The quantitative estimate of drug-likeness (QED) is 0.626. The number of carbonyl (C=O) groups excluding carboxylic acids is 2. The van der Waals surface area contributed by atoms with Crippen LogP contribution in [0.25, 0.3) is 0 Å². The molecule has 0 radical (unpaired) electrons. The maximum absolute atomic E-state index is 12.1. The van der Waals surface area contributed by atoms with Gasteiger partial charge in [-0.2, -0.15) is 0 Å². The van der Waals surface area contributed by atoms with Gasteiger partial charge in [-0.1, -0.05) is 36.4 Å². The van der Waals surface area contributed by atoms with E-state index in [9.17, 15) is 9.59 Å². The zero-order valence-electron chi connectivity index (χ0n) is 12.5. The summed E-state index contributed by atoms with van der Waals surface area (Å²) >= 11 is 6.57. The normalized spacial score (nSPS) is 17.3. The lowest BCUT2D eigenvalue weighted by Gasteiger charge is -2.20. The van der Waals surface area contributed by atoms with E-state index in [0.29, 0.717) is 16.7 Å². The highest BCUT2D eigenvalue weighted by atomic mass is 35.5. The van der Waals surface area contributed by atoms with Gasteiger partial charge in [0.2, 0.25) is 0 Å². The number of rotatable bonds is 4. The van der Waals surface area contributed by atoms with Gasteiger partial charge in [-0.05, 0) is 24.6 Å². The maximum atomic E-state index is 12.1. The average Bonchev–Trinajstić information content (AvgIpc) is 2.92. The third-order valence-electron chi connectivity index (χ3n) is 3.74. The SMILES string of the molecule is CCOC(=O)c1ccccc1[C@@H](Cl)[C@@H]1OC(=O)c2ccccc21. The van der Waals surface area contributed by atoms with Crippen molar-refractivity contribution in [2.24, 2.45) is 0 Å². The van der Waals surface area contributed by atoms with Gasteiger partial charge in [-0.25, -0.2) is 9.59 Å². The number of hydrogen-bond acceptors (Lipinski definition) is 4. The minimum atomic E-state index is -0.678. The van der Waals surface area contributed by atoms with E-state index < -0.39 is 23.4 Å². The fourth-order valence-corrected chi connectivity index (χ4v) is 3.06. The van der Waals surface area contributed by atoms with Gasteiger partial charge in [0.15, 0.2) is 0 Å². The molecule has 0 spiro atoms. The highest BCUT2D eigenvalue weighted by Gasteiger charge is 2.37. The predicted molar refractivity (Wildman–Crippen MR) is 85.6 cm³/mol. The van der Waals surface area contributed by atoms with E-state index in [1.165, 1.54) is 0 Å². The van der Waals surface area contributed by atoms with E-state index in [1.807, 2.05) is 12.1 Å². The number of hydrogen-bond donors (Lipinski definition) is 0. The molecule has 23 heavy (non-hydrogen) atoms. The van der Waals surface area contributed by atoms with Gasteiger partial charge >= 0.3 is 11.9 Å². The van der Waals surface area contributed by atoms with Crippen molar-refractivity contribution in [1.29, 1.82) is 0 Å². The Morgan fingerprint density at radius 3 is 2.70 bits per heavy atom. The molecule has 118 valence electrons. The van der Waals surface area contributed by atoms with E-state index in [4.69, 9.17) is 21.1 Å². The minimum absolute atomic E-state index is 0.279. The first-order valence-corrected chi connectivity index (χ1v) is 7.77. The summed E-state index contributed by atoms with van der Waals surface area (Å²) < 4.78 is 10.5.